The summed E-state index contributed by atoms with van der Waals surface area (Å²) in [5, 5.41) is 5.01. The Morgan fingerprint density at radius 3 is 1.57 bits per heavy atom. The zero-order valence-electron chi connectivity index (χ0n) is 36.2. The third-order valence-electron chi connectivity index (χ3n) is 13.8. The Bertz CT molecular complexity index is 3530. The van der Waals surface area contributed by atoms with Crippen LogP contribution in [-0.2, 0) is 5.41 Å². The predicted octanol–water partition coefficient (Wildman–Crippen LogP) is 17.5. The highest BCUT2D eigenvalue weighted by atomic mass is 15.1. The molecule has 65 heavy (non-hydrogen) atoms. The Morgan fingerprint density at radius 2 is 0.800 bits per heavy atom. The summed E-state index contributed by atoms with van der Waals surface area (Å²) in [6.45, 7) is 2.39. The van der Waals surface area contributed by atoms with Crippen molar-refractivity contribution in [3.63, 3.8) is 0 Å². The molecule has 11 aromatic carbocycles. The van der Waals surface area contributed by atoms with Gasteiger partial charge in [0, 0.05) is 22.4 Å². The second-order valence-corrected chi connectivity index (χ2v) is 17.4. The van der Waals surface area contributed by atoms with Gasteiger partial charge in [0.2, 0.25) is 0 Å². The lowest BCUT2D eigenvalue weighted by atomic mass is 9.74. The maximum atomic E-state index is 2.42. The number of para-hydroxylation sites is 1. The van der Waals surface area contributed by atoms with Crippen molar-refractivity contribution in [2.45, 2.75) is 12.3 Å². The Morgan fingerprint density at radius 1 is 0.308 bits per heavy atom. The van der Waals surface area contributed by atoms with E-state index >= 15 is 0 Å². The molecule has 1 atom stereocenters. The van der Waals surface area contributed by atoms with Gasteiger partial charge in [0.1, 0.15) is 0 Å². The van der Waals surface area contributed by atoms with Crippen LogP contribution in [-0.4, -0.2) is 0 Å². The number of rotatable bonds is 8. The summed E-state index contributed by atoms with van der Waals surface area (Å²) in [5.41, 5.74) is 19.3. The van der Waals surface area contributed by atoms with Crippen molar-refractivity contribution < 1.29 is 0 Å². The van der Waals surface area contributed by atoms with E-state index in [4.69, 9.17) is 0 Å². The van der Waals surface area contributed by atoms with Crippen LogP contribution < -0.4 is 4.90 Å². The fourth-order valence-electron chi connectivity index (χ4n) is 10.5. The molecule has 0 bridgehead atoms. The van der Waals surface area contributed by atoms with Gasteiger partial charge in [0.05, 0.1) is 5.69 Å². The molecule has 0 fully saturated rings. The van der Waals surface area contributed by atoms with Crippen molar-refractivity contribution in [3.05, 3.63) is 271 Å². The highest BCUT2D eigenvalue weighted by Crippen LogP contribution is 2.55. The first-order chi connectivity index (χ1) is 32.1. The fraction of sp³-hybridized carbons (Fsp3) is 0.0312. The highest BCUT2D eigenvalue weighted by Gasteiger charge is 2.41. The molecule has 0 N–H and O–H groups in total. The molecule has 1 aliphatic carbocycles. The molecule has 1 nitrogen and oxygen atoms in total. The van der Waals surface area contributed by atoms with Crippen molar-refractivity contribution in [3.8, 4) is 55.6 Å². The van der Waals surface area contributed by atoms with Gasteiger partial charge in [-0.1, -0.05) is 218 Å². The van der Waals surface area contributed by atoms with Gasteiger partial charge in [-0.3, -0.25) is 0 Å². The van der Waals surface area contributed by atoms with E-state index in [0.717, 1.165) is 22.6 Å². The Kier molecular flexibility index (Phi) is 9.35. The Balaban J connectivity index is 0.965. The third kappa shape index (κ3) is 6.55. The number of anilines is 3. The molecule has 1 aliphatic rings. The molecular formula is C64H45N. The van der Waals surface area contributed by atoms with E-state index < -0.39 is 0 Å². The van der Waals surface area contributed by atoms with Gasteiger partial charge in [-0.15, -0.1) is 0 Å². The van der Waals surface area contributed by atoms with E-state index in [1.165, 1.54) is 88.3 Å². The molecule has 0 aromatic heterocycles. The first-order valence-electron chi connectivity index (χ1n) is 22.6. The molecule has 0 radical (unpaired) electrons. The maximum absolute atomic E-state index is 2.42. The number of benzene rings is 11. The molecule has 12 rings (SSSR count). The van der Waals surface area contributed by atoms with E-state index in [9.17, 15) is 0 Å². The monoisotopic (exact) mass is 827 g/mol. The standard InChI is InChI=1S/C64H45N/c1-64(52-19-3-2-4-20-52)60-26-11-9-23-59(60)63-58(25-14-27-61(63)64)49-37-41-54(42-38-49)65(53-39-35-45(36-40-53)51-34-29-44-15-5-6-17-50(44)43-51)62-28-12-10-22-57(62)48-32-30-47(31-33-48)56-24-13-18-46-16-7-8-21-55(46)56/h2-43H,1H3. The molecule has 306 valence electrons. The van der Waals surface area contributed by atoms with Crippen molar-refractivity contribution in [1.29, 1.82) is 0 Å². The summed E-state index contributed by atoms with van der Waals surface area (Å²) in [7, 11) is 0. The second kappa shape index (κ2) is 15.8. The number of hydrogen-bond acceptors (Lipinski definition) is 1. The number of nitrogens with zero attached hydrogens (tertiary/aromatic N) is 1. The predicted molar refractivity (Wildman–Crippen MR) is 275 cm³/mol. The molecule has 0 saturated heterocycles. The van der Waals surface area contributed by atoms with Gasteiger partial charge < -0.3 is 4.90 Å². The largest absolute Gasteiger partial charge is 0.310 e. The third-order valence-corrected chi connectivity index (χ3v) is 13.8. The normalized spacial score (nSPS) is 14.0. The first-order valence-corrected chi connectivity index (χ1v) is 22.6. The molecule has 1 heteroatoms. The van der Waals surface area contributed by atoms with Gasteiger partial charge in [0.25, 0.3) is 0 Å². The zero-order chi connectivity index (χ0) is 43.3. The Hall–Kier alpha value is -8.26. The number of hydrogen-bond donors (Lipinski definition) is 0. The van der Waals surface area contributed by atoms with Crippen molar-refractivity contribution in [1.82, 2.24) is 0 Å². The Labute approximate surface area is 381 Å². The van der Waals surface area contributed by atoms with E-state index in [0.29, 0.717) is 0 Å². The van der Waals surface area contributed by atoms with E-state index in [1.54, 1.807) is 0 Å². The van der Waals surface area contributed by atoms with Gasteiger partial charge in [-0.2, -0.15) is 0 Å². The van der Waals surface area contributed by atoms with Crippen molar-refractivity contribution in [2.24, 2.45) is 0 Å². The van der Waals surface area contributed by atoms with Crippen LogP contribution in [0.5, 0.6) is 0 Å². The van der Waals surface area contributed by atoms with Crippen LogP contribution in [0.25, 0.3) is 77.2 Å². The summed E-state index contributed by atoms with van der Waals surface area (Å²) < 4.78 is 0. The average molecular weight is 828 g/mol. The number of fused-ring (bicyclic) bond motifs is 5. The van der Waals surface area contributed by atoms with Gasteiger partial charge in [0.15, 0.2) is 0 Å². The summed E-state index contributed by atoms with van der Waals surface area (Å²) in [6, 6.07) is 93.5. The lowest BCUT2D eigenvalue weighted by molar-refractivity contribution is 0.714. The second-order valence-electron chi connectivity index (χ2n) is 17.4. The van der Waals surface area contributed by atoms with Crippen LogP contribution in [0.1, 0.15) is 23.6 Å². The average Bonchev–Trinajstić information content (AvgIpc) is 3.65. The molecule has 0 aliphatic heterocycles. The van der Waals surface area contributed by atoms with Crippen LogP contribution in [0.15, 0.2) is 255 Å². The molecule has 0 saturated carbocycles. The molecule has 0 spiro atoms. The molecule has 11 aromatic rings. The van der Waals surface area contributed by atoms with E-state index in [1.807, 2.05) is 0 Å². The van der Waals surface area contributed by atoms with E-state index in [2.05, 4.69) is 267 Å². The van der Waals surface area contributed by atoms with Crippen molar-refractivity contribution >= 4 is 38.6 Å². The lowest BCUT2D eigenvalue weighted by Gasteiger charge is -2.29. The van der Waals surface area contributed by atoms with Crippen LogP contribution in [0, 0.1) is 0 Å². The molecule has 0 heterocycles. The van der Waals surface area contributed by atoms with Crippen LogP contribution in [0.2, 0.25) is 0 Å². The van der Waals surface area contributed by atoms with E-state index in [-0.39, 0.29) is 5.41 Å². The zero-order valence-corrected chi connectivity index (χ0v) is 36.2. The van der Waals surface area contributed by atoms with Gasteiger partial charge in [-0.25, -0.2) is 0 Å². The molecule has 0 amide bonds. The topological polar surface area (TPSA) is 3.24 Å². The smallest absolute Gasteiger partial charge is 0.0540 e. The quantitative estimate of drug-likeness (QED) is 0.147. The summed E-state index contributed by atoms with van der Waals surface area (Å²) >= 11 is 0. The van der Waals surface area contributed by atoms with Gasteiger partial charge >= 0.3 is 0 Å². The maximum Gasteiger partial charge on any atom is 0.0540 e. The first kappa shape index (κ1) is 38.4. The SMILES string of the molecule is CC1(c2ccccc2)c2ccccc2-c2c(-c3ccc(N(c4ccc(-c5ccc6ccccc6c5)cc4)c4ccccc4-c4ccc(-c5cccc6ccccc56)cc4)cc3)cccc21. The summed E-state index contributed by atoms with van der Waals surface area (Å²) in [4.78, 5) is 2.42. The van der Waals surface area contributed by atoms with Crippen LogP contribution >= 0.6 is 0 Å². The minimum Gasteiger partial charge on any atom is -0.310 e. The van der Waals surface area contributed by atoms with Crippen LogP contribution in [0.3, 0.4) is 0 Å². The minimum atomic E-state index is -0.254. The fourth-order valence-corrected chi connectivity index (χ4v) is 10.5. The summed E-state index contributed by atoms with van der Waals surface area (Å²) in [5.74, 6) is 0. The minimum absolute atomic E-state index is 0.254. The molecular weight excluding hydrogens is 783 g/mol. The van der Waals surface area contributed by atoms with Gasteiger partial charge in [-0.05, 0) is 132 Å². The summed E-state index contributed by atoms with van der Waals surface area (Å²) in [6.07, 6.45) is 0. The molecule has 1 unspecified atom stereocenters. The van der Waals surface area contributed by atoms with Crippen LogP contribution in [0.4, 0.5) is 17.1 Å². The highest BCUT2D eigenvalue weighted by molar-refractivity contribution is 5.98. The van der Waals surface area contributed by atoms with Crippen molar-refractivity contribution in [2.75, 3.05) is 4.90 Å². The lowest BCUT2D eigenvalue weighted by Crippen LogP contribution is -2.22.